The minimum absolute atomic E-state index is 0.100. The van der Waals surface area contributed by atoms with Gasteiger partial charge in [-0.25, -0.2) is 4.98 Å². The number of hydrogen-bond acceptors (Lipinski definition) is 3. The maximum Gasteiger partial charge on any atom is 0.220 e. The van der Waals surface area contributed by atoms with Gasteiger partial charge in [0.15, 0.2) is 0 Å². The van der Waals surface area contributed by atoms with Crippen molar-refractivity contribution in [2.45, 2.75) is 45.1 Å². The third-order valence-electron chi connectivity index (χ3n) is 5.17. The lowest BCUT2D eigenvalue weighted by molar-refractivity contribution is -0.123. The number of imidazole rings is 1. The van der Waals surface area contributed by atoms with Crippen LogP contribution in [0.25, 0.3) is 0 Å². The Morgan fingerprint density at radius 1 is 1.36 bits per heavy atom. The molecule has 122 valence electrons. The molecule has 1 saturated heterocycles. The molecule has 0 aromatic carbocycles. The fraction of sp³-hybridized carbons (Fsp3) is 0.765. The Morgan fingerprint density at radius 3 is 2.64 bits per heavy atom. The number of hydrogen-bond donors (Lipinski definition) is 1. The van der Waals surface area contributed by atoms with Gasteiger partial charge >= 0.3 is 0 Å². The second-order valence-electron chi connectivity index (χ2n) is 6.86. The van der Waals surface area contributed by atoms with Crippen LogP contribution in [-0.4, -0.2) is 40.0 Å². The van der Waals surface area contributed by atoms with Gasteiger partial charge in [-0.2, -0.15) is 0 Å². The fourth-order valence-electron chi connectivity index (χ4n) is 3.50. The second-order valence-corrected chi connectivity index (χ2v) is 6.86. The number of carbonyl (C=O) groups is 1. The van der Waals surface area contributed by atoms with Crippen LogP contribution < -0.4 is 5.32 Å². The summed E-state index contributed by atoms with van der Waals surface area (Å²) in [5, 5.41) is 3.26. The fourth-order valence-corrected chi connectivity index (χ4v) is 3.50. The van der Waals surface area contributed by atoms with Gasteiger partial charge < -0.3 is 14.8 Å². The van der Waals surface area contributed by atoms with Crippen LogP contribution in [0.15, 0.2) is 12.4 Å². The molecule has 0 radical (unpaired) electrons. The number of nitrogens with one attached hydrogen (secondary N) is 1. The number of aromatic nitrogens is 2. The average molecular weight is 304 g/mol. The van der Waals surface area contributed by atoms with E-state index >= 15 is 0 Å². The molecule has 5 heteroatoms. The molecule has 1 aromatic heterocycles. The Labute approximate surface area is 133 Å². The lowest BCUT2D eigenvalue weighted by Gasteiger charge is -2.31. The first kappa shape index (κ1) is 15.5. The summed E-state index contributed by atoms with van der Waals surface area (Å²) < 4.78 is 2.03. The van der Waals surface area contributed by atoms with Crippen molar-refractivity contribution in [3.63, 3.8) is 0 Å². The predicted molar refractivity (Wildman–Crippen MR) is 86.3 cm³/mol. The molecule has 1 aliphatic heterocycles. The zero-order chi connectivity index (χ0) is 15.5. The molecule has 1 atom stereocenters. The number of aryl methyl sites for hydroxylation is 1. The average Bonchev–Trinajstić information content (AvgIpc) is 3.27. The highest BCUT2D eigenvalue weighted by Gasteiger charge is 2.36. The third-order valence-corrected chi connectivity index (χ3v) is 5.17. The summed E-state index contributed by atoms with van der Waals surface area (Å²) in [7, 11) is 2.00. The van der Waals surface area contributed by atoms with Crippen LogP contribution in [0.5, 0.6) is 0 Å². The van der Waals surface area contributed by atoms with Gasteiger partial charge in [-0.05, 0) is 57.2 Å². The van der Waals surface area contributed by atoms with Crippen molar-refractivity contribution < 1.29 is 4.79 Å². The number of nitrogens with zero attached hydrogens (tertiary/aromatic N) is 3. The molecule has 0 spiro atoms. The van der Waals surface area contributed by atoms with Crippen LogP contribution in [0.2, 0.25) is 0 Å². The molecule has 22 heavy (non-hydrogen) atoms. The number of rotatable bonds is 6. The molecule has 2 fully saturated rings. The lowest BCUT2D eigenvalue weighted by Crippen LogP contribution is -2.37. The van der Waals surface area contributed by atoms with Crippen LogP contribution in [0.3, 0.4) is 0 Å². The molecule has 1 aliphatic carbocycles. The zero-order valence-corrected chi connectivity index (χ0v) is 13.8. The Hall–Kier alpha value is -1.36. The largest absolute Gasteiger partial charge is 0.346 e. The highest BCUT2D eigenvalue weighted by atomic mass is 16.1. The van der Waals surface area contributed by atoms with Gasteiger partial charge in [0.1, 0.15) is 5.82 Å². The number of carbonyl (C=O) groups excluding carboxylic acids is 1. The van der Waals surface area contributed by atoms with Crippen LogP contribution in [0.1, 0.15) is 50.9 Å². The molecule has 1 saturated carbocycles. The highest BCUT2D eigenvalue weighted by molar-refractivity contribution is 5.76. The van der Waals surface area contributed by atoms with Crippen molar-refractivity contribution in [3.8, 4) is 0 Å². The van der Waals surface area contributed by atoms with Crippen LogP contribution in [-0.2, 0) is 11.8 Å². The standard InChI is InChI=1S/C17H28N4O/c1-3-21-9-6-13(7-10-21)12-15(22)19-16(14-4-5-14)17-18-8-11-20(17)2/h8,11,13-14,16H,3-7,9-10,12H2,1-2H3,(H,19,22)/t16-/m0/s1. The van der Waals surface area contributed by atoms with Crippen molar-refractivity contribution in [2.75, 3.05) is 19.6 Å². The lowest BCUT2D eigenvalue weighted by atomic mass is 9.93. The van der Waals surface area contributed by atoms with Gasteiger partial charge in [-0.1, -0.05) is 6.92 Å². The van der Waals surface area contributed by atoms with Crippen molar-refractivity contribution in [3.05, 3.63) is 18.2 Å². The van der Waals surface area contributed by atoms with Crippen molar-refractivity contribution >= 4 is 5.91 Å². The van der Waals surface area contributed by atoms with E-state index in [4.69, 9.17) is 0 Å². The van der Waals surface area contributed by atoms with Crippen LogP contribution in [0, 0.1) is 11.8 Å². The summed E-state index contributed by atoms with van der Waals surface area (Å²) in [4.78, 5) is 19.4. The van der Waals surface area contributed by atoms with Crippen LogP contribution in [0.4, 0.5) is 0 Å². The zero-order valence-electron chi connectivity index (χ0n) is 13.8. The molecule has 1 N–H and O–H groups in total. The summed E-state index contributed by atoms with van der Waals surface area (Å²) in [5.41, 5.74) is 0. The quantitative estimate of drug-likeness (QED) is 0.876. The van der Waals surface area contributed by atoms with Gasteiger partial charge in [0.05, 0.1) is 6.04 Å². The van der Waals surface area contributed by atoms with Crippen molar-refractivity contribution in [2.24, 2.45) is 18.9 Å². The maximum absolute atomic E-state index is 12.4. The molecular weight excluding hydrogens is 276 g/mol. The SMILES string of the molecule is CCN1CCC(CC(=O)N[C@H](c2nccn2C)C2CC2)CC1. The highest BCUT2D eigenvalue weighted by Crippen LogP contribution is 2.40. The smallest absolute Gasteiger partial charge is 0.220 e. The van der Waals surface area contributed by atoms with E-state index in [1.807, 2.05) is 24.0 Å². The first-order valence-electron chi connectivity index (χ1n) is 8.66. The first-order valence-corrected chi connectivity index (χ1v) is 8.66. The Morgan fingerprint density at radius 2 is 2.09 bits per heavy atom. The van der Waals surface area contributed by atoms with E-state index in [1.165, 1.54) is 12.8 Å². The van der Waals surface area contributed by atoms with E-state index < -0.39 is 0 Å². The number of amides is 1. The molecule has 3 rings (SSSR count). The topological polar surface area (TPSA) is 50.2 Å². The second kappa shape index (κ2) is 6.82. The van der Waals surface area contributed by atoms with E-state index in [0.29, 0.717) is 18.3 Å². The van der Waals surface area contributed by atoms with Crippen molar-refractivity contribution in [1.82, 2.24) is 19.8 Å². The first-order chi connectivity index (χ1) is 10.7. The Bertz CT molecular complexity index is 501. The number of likely N-dealkylation sites (tertiary alicyclic amines) is 1. The summed E-state index contributed by atoms with van der Waals surface area (Å²) in [5.74, 6) is 2.32. The van der Waals surface area contributed by atoms with Crippen LogP contribution >= 0.6 is 0 Å². The van der Waals surface area contributed by atoms with E-state index in [1.54, 1.807) is 0 Å². The van der Waals surface area contributed by atoms with E-state index in [-0.39, 0.29) is 11.9 Å². The molecule has 1 amide bonds. The molecule has 2 aliphatic rings. The Balaban J connectivity index is 1.53. The minimum Gasteiger partial charge on any atom is -0.346 e. The summed E-state index contributed by atoms with van der Waals surface area (Å²) in [6, 6.07) is 0.100. The molecule has 2 heterocycles. The van der Waals surface area contributed by atoms with Gasteiger partial charge in [-0.15, -0.1) is 0 Å². The summed E-state index contributed by atoms with van der Waals surface area (Å²) in [6.45, 7) is 5.61. The molecule has 1 aromatic rings. The van der Waals surface area contributed by atoms with Gasteiger partial charge in [0.2, 0.25) is 5.91 Å². The van der Waals surface area contributed by atoms with E-state index in [0.717, 1.165) is 38.3 Å². The monoisotopic (exact) mass is 304 g/mol. The predicted octanol–water partition coefficient (Wildman–Crippen LogP) is 2.11. The molecule has 0 bridgehead atoms. The third kappa shape index (κ3) is 3.69. The van der Waals surface area contributed by atoms with Crippen molar-refractivity contribution in [1.29, 1.82) is 0 Å². The number of piperidine rings is 1. The van der Waals surface area contributed by atoms with E-state index in [9.17, 15) is 4.79 Å². The minimum atomic E-state index is 0.100. The Kier molecular flexibility index (Phi) is 4.81. The molecule has 5 nitrogen and oxygen atoms in total. The van der Waals surface area contributed by atoms with E-state index in [2.05, 4.69) is 22.1 Å². The van der Waals surface area contributed by atoms with Gasteiger partial charge in [0.25, 0.3) is 0 Å². The normalized spacial score (nSPS) is 21.7. The molecular formula is C17H28N4O. The summed E-state index contributed by atoms with van der Waals surface area (Å²) >= 11 is 0. The van der Waals surface area contributed by atoms with Gasteiger partial charge in [-0.3, -0.25) is 4.79 Å². The maximum atomic E-state index is 12.4. The summed E-state index contributed by atoms with van der Waals surface area (Å²) in [6.07, 6.45) is 9.15. The molecule has 0 unspecified atom stereocenters. The van der Waals surface area contributed by atoms with Gasteiger partial charge in [0, 0.05) is 25.9 Å².